The van der Waals surface area contributed by atoms with Gasteiger partial charge in [0.2, 0.25) is 0 Å². The fraction of sp³-hybridized carbons (Fsp3) is 1.00. The van der Waals surface area contributed by atoms with E-state index in [-0.39, 0.29) is 0 Å². The summed E-state index contributed by atoms with van der Waals surface area (Å²) in [6, 6.07) is 0. The first-order valence-electron chi connectivity index (χ1n) is 8.18. The molecule has 1 atom stereocenters. The van der Waals surface area contributed by atoms with E-state index in [0.717, 1.165) is 5.92 Å². The van der Waals surface area contributed by atoms with Crippen LogP contribution in [0.2, 0.25) is 0 Å². The van der Waals surface area contributed by atoms with Crippen molar-refractivity contribution >= 4 is 0 Å². The van der Waals surface area contributed by atoms with Gasteiger partial charge in [-0.25, -0.2) is 0 Å². The molecular formula is C16H32N2. The Balaban J connectivity index is 1.78. The number of rotatable bonds is 6. The van der Waals surface area contributed by atoms with Crippen LogP contribution in [-0.2, 0) is 0 Å². The van der Waals surface area contributed by atoms with E-state index in [2.05, 4.69) is 24.2 Å². The van der Waals surface area contributed by atoms with E-state index in [1.807, 2.05) is 0 Å². The SMILES string of the molecule is CCCC1(CN(C)CC2CCCCC2)CCCN1. The van der Waals surface area contributed by atoms with Crippen LogP contribution in [0, 0.1) is 5.92 Å². The summed E-state index contributed by atoms with van der Waals surface area (Å²) in [5, 5.41) is 3.80. The predicted molar refractivity (Wildman–Crippen MR) is 78.9 cm³/mol. The second kappa shape index (κ2) is 6.91. The minimum atomic E-state index is 0.443. The smallest absolute Gasteiger partial charge is 0.0309 e. The highest BCUT2D eigenvalue weighted by molar-refractivity contribution is 4.95. The summed E-state index contributed by atoms with van der Waals surface area (Å²) in [6.45, 7) is 6.14. The van der Waals surface area contributed by atoms with Gasteiger partial charge in [0, 0.05) is 18.6 Å². The molecule has 18 heavy (non-hydrogen) atoms. The lowest BCUT2D eigenvalue weighted by molar-refractivity contribution is 0.174. The average Bonchev–Trinajstić information content (AvgIpc) is 2.79. The molecule has 1 N–H and O–H groups in total. The lowest BCUT2D eigenvalue weighted by Crippen LogP contribution is -2.49. The van der Waals surface area contributed by atoms with Crippen molar-refractivity contribution in [3.05, 3.63) is 0 Å². The average molecular weight is 252 g/mol. The third-order valence-electron chi connectivity index (χ3n) is 4.93. The second-order valence-electron chi connectivity index (χ2n) is 6.76. The molecule has 1 unspecified atom stereocenters. The molecule has 106 valence electrons. The van der Waals surface area contributed by atoms with E-state index >= 15 is 0 Å². The van der Waals surface area contributed by atoms with E-state index in [1.54, 1.807) is 0 Å². The van der Waals surface area contributed by atoms with Gasteiger partial charge in [-0.05, 0) is 51.6 Å². The normalized spacial score (nSPS) is 30.2. The maximum Gasteiger partial charge on any atom is 0.0309 e. The van der Waals surface area contributed by atoms with Crippen LogP contribution in [0.1, 0.15) is 64.7 Å². The van der Waals surface area contributed by atoms with Crippen molar-refractivity contribution in [1.82, 2.24) is 10.2 Å². The molecule has 0 amide bonds. The molecule has 2 aliphatic rings. The number of nitrogens with zero attached hydrogens (tertiary/aromatic N) is 1. The van der Waals surface area contributed by atoms with Crippen LogP contribution >= 0.6 is 0 Å². The van der Waals surface area contributed by atoms with Gasteiger partial charge in [-0.1, -0.05) is 32.6 Å². The highest BCUT2D eigenvalue weighted by Crippen LogP contribution is 2.28. The molecule has 1 heterocycles. The third-order valence-corrected chi connectivity index (χ3v) is 4.93. The summed E-state index contributed by atoms with van der Waals surface area (Å²) in [6.07, 6.45) is 12.8. The minimum absolute atomic E-state index is 0.443. The van der Waals surface area contributed by atoms with Gasteiger partial charge in [-0.2, -0.15) is 0 Å². The molecule has 1 aliphatic carbocycles. The van der Waals surface area contributed by atoms with Gasteiger partial charge in [-0.15, -0.1) is 0 Å². The zero-order valence-electron chi connectivity index (χ0n) is 12.5. The van der Waals surface area contributed by atoms with Crippen molar-refractivity contribution in [2.45, 2.75) is 70.3 Å². The zero-order chi connectivity index (χ0) is 12.8. The van der Waals surface area contributed by atoms with Crippen molar-refractivity contribution in [1.29, 1.82) is 0 Å². The first kappa shape index (κ1) is 14.3. The Morgan fingerprint density at radius 3 is 2.56 bits per heavy atom. The van der Waals surface area contributed by atoms with Crippen LogP contribution in [0.3, 0.4) is 0 Å². The summed E-state index contributed by atoms with van der Waals surface area (Å²) in [4.78, 5) is 2.62. The molecule has 1 aliphatic heterocycles. The third kappa shape index (κ3) is 3.96. The van der Waals surface area contributed by atoms with E-state index in [9.17, 15) is 0 Å². The number of hydrogen-bond acceptors (Lipinski definition) is 2. The van der Waals surface area contributed by atoms with Crippen molar-refractivity contribution in [3.63, 3.8) is 0 Å². The van der Waals surface area contributed by atoms with Crippen LogP contribution in [-0.4, -0.2) is 37.1 Å². The summed E-state index contributed by atoms with van der Waals surface area (Å²) < 4.78 is 0. The van der Waals surface area contributed by atoms with E-state index in [4.69, 9.17) is 0 Å². The molecule has 0 aromatic heterocycles. The lowest BCUT2D eigenvalue weighted by atomic mass is 9.87. The van der Waals surface area contributed by atoms with Crippen LogP contribution in [0.4, 0.5) is 0 Å². The molecule has 2 heteroatoms. The molecular weight excluding hydrogens is 220 g/mol. The highest BCUT2D eigenvalue weighted by atomic mass is 15.2. The monoisotopic (exact) mass is 252 g/mol. The second-order valence-corrected chi connectivity index (χ2v) is 6.76. The number of likely N-dealkylation sites (N-methyl/N-ethyl adjacent to an activating group) is 1. The van der Waals surface area contributed by atoms with Crippen molar-refractivity contribution in [3.8, 4) is 0 Å². The number of hydrogen-bond donors (Lipinski definition) is 1. The molecule has 1 saturated carbocycles. The quantitative estimate of drug-likeness (QED) is 0.779. The molecule has 0 radical (unpaired) electrons. The highest BCUT2D eigenvalue weighted by Gasteiger charge is 2.33. The van der Waals surface area contributed by atoms with Gasteiger partial charge in [-0.3, -0.25) is 0 Å². The van der Waals surface area contributed by atoms with Crippen molar-refractivity contribution in [2.75, 3.05) is 26.7 Å². The Morgan fingerprint density at radius 2 is 1.94 bits per heavy atom. The fourth-order valence-electron chi connectivity index (χ4n) is 4.17. The molecule has 0 spiro atoms. The number of nitrogens with one attached hydrogen (secondary N) is 1. The van der Waals surface area contributed by atoms with Crippen molar-refractivity contribution < 1.29 is 0 Å². The lowest BCUT2D eigenvalue weighted by Gasteiger charge is -2.36. The maximum absolute atomic E-state index is 3.80. The molecule has 0 bridgehead atoms. The Morgan fingerprint density at radius 1 is 1.17 bits per heavy atom. The van der Waals surface area contributed by atoms with Gasteiger partial charge in [0.15, 0.2) is 0 Å². The van der Waals surface area contributed by atoms with Crippen LogP contribution in [0.25, 0.3) is 0 Å². The summed E-state index contributed by atoms with van der Waals surface area (Å²) in [5.74, 6) is 0.976. The first-order valence-corrected chi connectivity index (χ1v) is 8.18. The van der Waals surface area contributed by atoms with Gasteiger partial charge in [0.25, 0.3) is 0 Å². The van der Waals surface area contributed by atoms with E-state index in [0.29, 0.717) is 5.54 Å². The molecule has 0 aromatic rings. The van der Waals surface area contributed by atoms with E-state index in [1.165, 1.54) is 77.4 Å². The molecule has 2 nitrogen and oxygen atoms in total. The fourth-order valence-corrected chi connectivity index (χ4v) is 4.17. The molecule has 1 saturated heterocycles. The molecule has 2 fully saturated rings. The first-order chi connectivity index (χ1) is 8.74. The topological polar surface area (TPSA) is 15.3 Å². The Bertz CT molecular complexity index is 227. The largest absolute Gasteiger partial charge is 0.310 e. The molecule has 0 aromatic carbocycles. The van der Waals surface area contributed by atoms with Crippen molar-refractivity contribution in [2.24, 2.45) is 5.92 Å². The Labute approximate surface area is 114 Å². The van der Waals surface area contributed by atoms with Gasteiger partial charge < -0.3 is 10.2 Å². The zero-order valence-corrected chi connectivity index (χ0v) is 12.5. The Kier molecular flexibility index (Phi) is 5.50. The van der Waals surface area contributed by atoms with Crippen LogP contribution in [0.15, 0.2) is 0 Å². The summed E-state index contributed by atoms with van der Waals surface area (Å²) in [7, 11) is 2.34. The predicted octanol–water partition coefficient (Wildman–Crippen LogP) is 3.42. The summed E-state index contributed by atoms with van der Waals surface area (Å²) >= 11 is 0. The minimum Gasteiger partial charge on any atom is -0.310 e. The van der Waals surface area contributed by atoms with Gasteiger partial charge in [0.05, 0.1) is 0 Å². The molecule has 2 rings (SSSR count). The van der Waals surface area contributed by atoms with Crippen LogP contribution < -0.4 is 5.32 Å². The summed E-state index contributed by atoms with van der Waals surface area (Å²) in [5.41, 5.74) is 0.443. The van der Waals surface area contributed by atoms with Gasteiger partial charge >= 0.3 is 0 Å². The standard InChI is InChI=1S/C16H32N2/c1-3-10-16(11-7-12-17-16)14-18(2)13-15-8-5-4-6-9-15/h15,17H,3-14H2,1-2H3. The Hall–Kier alpha value is -0.0800. The van der Waals surface area contributed by atoms with Gasteiger partial charge in [0.1, 0.15) is 0 Å². The van der Waals surface area contributed by atoms with E-state index < -0.39 is 0 Å². The van der Waals surface area contributed by atoms with Crippen LogP contribution in [0.5, 0.6) is 0 Å². The maximum atomic E-state index is 3.80.